The summed E-state index contributed by atoms with van der Waals surface area (Å²) >= 11 is 3.27. The maximum absolute atomic E-state index is 13.0. The van der Waals surface area contributed by atoms with E-state index in [9.17, 15) is 9.18 Å². The topological polar surface area (TPSA) is 26.3 Å². The van der Waals surface area contributed by atoms with Crippen LogP contribution in [0.4, 0.5) is 4.39 Å². The highest BCUT2D eigenvalue weighted by Gasteiger charge is 2.13. The van der Waals surface area contributed by atoms with Crippen molar-refractivity contribution < 1.29 is 13.9 Å². The minimum Gasteiger partial charge on any atom is -0.457 e. The summed E-state index contributed by atoms with van der Waals surface area (Å²) in [5, 5.41) is 0. The van der Waals surface area contributed by atoms with E-state index in [0.717, 1.165) is 4.47 Å². The first-order valence-corrected chi connectivity index (χ1v) is 5.93. The summed E-state index contributed by atoms with van der Waals surface area (Å²) in [6.45, 7) is 5.37. The van der Waals surface area contributed by atoms with E-state index in [1.807, 2.05) is 0 Å². The monoisotopic (exact) mass is 300 g/mol. The SMILES string of the molecule is CC(C)(C)OC(=O)/C=C/c1cc(F)ccc1Br. The summed E-state index contributed by atoms with van der Waals surface area (Å²) in [6.07, 6.45) is 2.80. The Hall–Kier alpha value is -1.16. The molecule has 0 aliphatic rings. The van der Waals surface area contributed by atoms with E-state index < -0.39 is 11.6 Å². The lowest BCUT2D eigenvalue weighted by Crippen LogP contribution is -2.22. The molecule has 0 aliphatic carbocycles. The Morgan fingerprint density at radius 3 is 2.65 bits per heavy atom. The van der Waals surface area contributed by atoms with Crippen LogP contribution in [-0.2, 0) is 9.53 Å². The van der Waals surface area contributed by atoms with Gasteiger partial charge < -0.3 is 4.74 Å². The molecule has 0 atom stereocenters. The summed E-state index contributed by atoms with van der Waals surface area (Å²) in [7, 11) is 0. The Balaban J connectivity index is 2.77. The molecule has 4 heteroatoms. The summed E-state index contributed by atoms with van der Waals surface area (Å²) in [6, 6.07) is 4.27. The van der Waals surface area contributed by atoms with Gasteiger partial charge in [0.1, 0.15) is 11.4 Å². The van der Waals surface area contributed by atoms with Crippen LogP contribution in [0, 0.1) is 5.82 Å². The van der Waals surface area contributed by atoms with Crippen LogP contribution in [0.25, 0.3) is 6.08 Å². The molecule has 1 rings (SSSR count). The van der Waals surface area contributed by atoms with Gasteiger partial charge in [0, 0.05) is 10.5 Å². The van der Waals surface area contributed by atoms with Crippen molar-refractivity contribution >= 4 is 28.0 Å². The van der Waals surface area contributed by atoms with Crippen molar-refractivity contribution in [2.24, 2.45) is 0 Å². The van der Waals surface area contributed by atoms with Crippen LogP contribution >= 0.6 is 15.9 Å². The van der Waals surface area contributed by atoms with Crippen LogP contribution in [0.3, 0.4) is 0 Å². The number of carbonyl (C=O) groups excluding carboxylic acids is 1. The number of hydrogen-bond donors (Lipinski definition) is 0. The number of benzene rings is 1. The van der Waals surface area contributed by atoms with E-state index in [4.69, 9.17) is 4.74 Å². The molecule has 1 aromatic carbocycles. The highest BCUT2D eigenvalue weighted by molar-refractivity contribution is 9.10. The van der Waals surface area contributed by atoms with E-state index in [-0.39, 0.29) is 5.82 Å². The van der Waals surface area contributed by atoms with Gasteiger partial charge in [-0.1, -0.05) is 15.9 Å². The molecule has 0 heterocycles. The molecule has 0 bridgehead atoms. The maximum Gasteiger partial charge on any atom is 0.331 e. The van der Waals surface area contributed by atoms with Gasteiger partial charge in [0.25, 0.3) is 0 Å². The van der Waals surface area contributed by atoms with Crippen molar-refractivity contribution in [2.75, 3.05) is 0 Å². The third-order valence-corrected chi connectivity index (χ3v) is 2.49. The fourth-order valence-corrected chi connectivity index (χ4v) is 1.51. The Labute approximate surface area is 109 Å². The fraction of sp³-hybridized carbons (Fsp3) is 0.308. The molecule has 17 heavy (non-hydrogen) atoms. The Morgan fingerprint density at radius 2 is 2.06 bits per heavy atom. The van der Waals surface area contributed by atoms with Gasteiger partial charge in [0.15, 0.2) is 0 Å². The Bertz CT molecular complexity index is 447. The van der Waals surface area contributed by atoms with Gasteiger partial charge in [-0.3, -0.25) is 0 Å². The molecule has 0 aromatic heterocycles. The van der Waals surface area contributed by atoms with Gasteiger partial charge in [0.2, 0.25) is 0 Å². The predicted molar refractivity (Wildman–Crippen MR) is 69.0 cm³/mol. The number of halogens is 2. The first kappa shape index (κ1) is 13.9. The Kier molecular flexibility index (Phi) is 4.46. The second-order valence-electron chi connectivity index (χ2n) is 4.53. The van der Waals surface area contributed by atoms with E-state index in [2.05, 4.69) is 15.9 Å². The lowest BCUT2D eigenvalue weighted by atomic mass is 10.2. The number of esters is 1. The fourth-order valence-electron chi connectivity index (χ4n) is 1.14. The van der Waals surface area contributed by atoms with Gasteiger partial charge in [-0.2, -0.15) is 0 Å². The molecular weight excluding hydrogens is 287 g/mol. The second kappa shape index (κ2) is 5.45. The van der Waals surface area contributed by atoms with Crippen LogP contribution < -0.4 is 0 Å². The zero-order valence-corrected chi connectivity index (χ0v) is 11.5. The van der Waals surface area contributed by atoms with Crippen molar-refractivity contribution in [2.45, 2.75) is 26.4 Å². The van der Waals surface area contributed by atoms with E-state index in [1.165, 1.54) is 24.3 Å². The first-order valence-electron chi connectivity index (χ1n) is 5.14. The zero-order valence-electron chi connectivity index (χ0n) is 9.96. The summed E-state index contributed by atoms with van der Waals surface area (Å²) in [5.41, 5.74) is 0.0662. The molecule has 0 unspecified atom stereocenters. The van der Waals surface area contributed by atoms with Crippen LogP contribution in [-0.4, -0.2) is 11.6 Å². The third-order valence-electron chi connectivity index (χ3n) is 1.76. The standard InChI is InChI=1S/C13H14BrFO2/c1-13(2,3)17-12(16)7-4-9-8-10(15)5-6-11(9)14/h4-8H,1-3H3/b7-4+. The number of rotatable bonds is 2. The van der Waals surface area contributed by atoms with Crippen molar-refractivity contribution in [1.82, 2.24) is 0 Å². The van der Waals surface area contributed by atoms with Gasteiger partial charge in [-0.05, 0) is 50.6 Å². The molecule has 0 N–H and O–H groups in total. The van der Waals surface area contributed by atoms with Gasteiger partial charge in [0.05, 0.1) is 0 Å². The van der Waals surface area contributed by atoms with Crippen LogP contribution in [0.2, 0.25) is 0 Å². The number of carbonyl (C=O) groups is 1. The highest BCUT2D eigenvalue weighted by atomic mass is 79.9. The molecular formula is C13H14BrFO2. The summed E-state index contributed by atoms with van der Waals surface area (Å²) in [5.74, 6) is -0.800. The molecule has 92 valence electrons. The largest absolute Gasteiger partial charge is 0.457 e. The van der Waals surface area contributed by atoms with Crippen LogP contribution in [0.15, 0.2) is 28.7 Å². The average molecular weight is 301 g/mol. The Morgan fingerprint density at radius 1 is 1.41 bits per heavy atom. The highest BCUT2D eigenvalue weighted by Crippen LogP contribution is 2.19. The quantitative estimate of drug-likeness (QED) is 0.611. The van der Waals surface area contributed by atoms with Gasteiger partial charge in [-0.15, -0.1) is 0 Å². The van der Waals surface area contributed by atoms with Gasteiger partial charge >= 0.3 is 5.97 Å². The minimum atomic E-state index is -0.527. The molecule has 0 radical (unpaired) electrons. The minimum absolute atomic E-state index is 0.350. The van der Waals surface area contributed by atoms with Crippen LogP contribution in [0.1, 0.15) is 26.3 Å². The molecule has 0 amide bonds. The number of hydrogen-bond acceptors (Lipinski definition) is 2. The summed E-state index contributed by atoms with van der Waals surface area (Å²) in [4.78, 5) is 11.4. The predicted octanol–water partition coefficient (Wildman–Crippen LogP) is 3.94. The number of ether oxygens (including phenoxy) is 1. The summed E-state index contributed by atoms with van der Waals surface area (Å²) < 4.78 is 18.8. The van der Waals surface area contributed by atoms with Crippen molar-refractivity contribution in [3.63, 3.8) is 0 Å². The van der Waals surface area contributed by atoms with Crippen molar-refractivity contribution in [1.29, 1.82) is 0 Å². The smallest absolute Gasteiger partial charge is 0.331 e. The normalized spacial score (nSPS) is 11.8. The lowest BCUT2D eigenvalue weighted by molar-refractivity contribution is -0.148. The van der Waals surface area contributed by atoms with E-state index >= 15 is 0 Å². The van der Waals surface area contributed by atoms with Gasteiger partial charge in [-0.25, -0.2) is 9.18 Å². The lowest BCUT2D eigenvalue weighted by Gasteiger charge is -2.17. The molecule has 1 aromatic rings. The molecule has 0 spiro atoms. The molecule has 0 saturated heterocycles. The maximum atomic E-state index is 13.0. The zero-order chi connectivity index (χ0) is 13.1. The third kappa shape index (κ3) is 5.13. The van der Waals surface area contributed by atoms with E-state index in [1.54, 1.807) is 26.8 Å². The average Bonchev–Trinajstić information content (AvgIpc) is 2.17. The van der Waals surface area contributed by atoms with E-state index in [0.29, 0.717) is 5.56 Å². The van der Waals surface area contributed by atoms with Crippen molar-refractivity contribution in [3.8, 4) is 0 Å². The molecule has 2 nitrogen and oxygen atoms in total. The first-order chi connectivity index (χ1) is 7.78. The molecule has 0 aliphatic heterocycles. The second-order valence-corrected chi connectivity index (χ2v) is 5.39. The molecule has 0 fully saturated rings. The molecule has 0 saturated carbocycles. The van der Waals surface area contributed by atoms with Crippen LogP contribution in [0.5, 0.6) is 0 Å². The van der Waals surface area contributed by atoms with Crippen molar-refractivity contribution in [3.05, 3.63) is 40.1 Å².